The third kappa shape index (κ3) is 6.33. The largest absolute Gasteiger partial charge is 0.381 e. The Bertz CT molecular complexity index is 690. The monoisotopic (exact) mass is 504 g/mol. The van der Waals surface area contributed by atoms with Crippen LogP contribution in [-0.2, 0) is 4.74 Å². The van der Waals surface area contributed by atoms with Crippen LogP contribution in [0.15, 0.2) is 30.3 Å². The Hall–Kier alpha value is -0.520. The highest BCUT2D eigenvalue weighted by atomic mass is 35.5. The molecule has 3 atom stereocenters. The van der Waals surface area contributed by atoms with E-state index in [4.69, 9.17) is 16.3 Å². The summed E-state index contributed by atoms with van der Waals surface area (Å²) in [5, 5.41) is 6.31. The fourth-order valence-corrected chi connectivity index (χ4v) is 7.16. The number of nitrogens with one attached hydrogen (secondary N) is 2. The summed E-state index contributed by atoms with van der Waals surface area (Å²) in [6.07, 6.45) is 9.81. The third-order valence-corrected chi connectivity index (χ3v) is 8.46. The summed E-state index contributed by atoms with van der Waals surface area (Å²) in [6, 6.07) is 9.45. The second kappa shape index (κ2) is 12.8. The van der Waals surface area contributed by atoms with Crippen molar-refractivity contribution in [1.82, 2.24) is 10.6 Å². The van der Waals surface area contributed by atoms with Crippen molar-refractivity contribution in [2.24, 2.45) is 29.1 Å². The molecule has 3 unspecified atom stereocenters. The number of rotatable bonds is 11. The smallest absolute Gasteiger partial charge is 0.252 e. The van der Waals surface area contributed by atoms with Gasteiger partial charge in [0.2, 0.25) is 0 Å². The van der Waals surface area contributed by atoms with Crippen LogP contribution in [0.4, 0.5) is 0 Å². The number of benzene rings is 1. The van der Waals surface area contributed by atoms with E-state index >= 15 is 0 Å². The van der Waals surface area contributed by atoms with Crippen molar-refractivity contribution in [3.8, 4) is 0 Å². The summed E-state index contributed by atoms with van der Waals surface area (Å²) >= 11 is 6.92. The molecule has 0 radical (unpaired) electrons. The molecule has 4 saturated carbocycles. The summed E-state index contributed by atoms with van der Waals surface area (Å²) in [7, 11) is 1.98. The molecule has 1 amide bonds. The van der Waals surface area contributed by atoms with Crippen molar-refractivity contribution in [3.63, 3.8) is 0 Å². The van der Waals surface area contributed by atoms with Gasteiger partial charge >= 0.3 is 0 Å². The minimum Gasteiger partial charge on any atom is -0.381 e. The fourth-order valence-electron chi connectivity index (χ4n) is 6.79. The van der Waals surface area contributed by atoms with Crippen LogP contribution in [0, 0.1) is 29.1 Å². The number of ether oxygens (including phenoxy) is 1. The van der Waals surface area contributed by atoms with Crippen molar-refractivity contribution in [2.75, 3.05) is 26.8 Å². The highest BCUT2D eigenvalue weighted by Crippen LogP contribution is 2.64. The molecular formula is C25H39Cl3N2O2. The molecule has 5 rings (SSSR count). The molecule has 0 heterocycles. The van der Waals surface area contributed by atoms with E-state index in [9.17, 15) is 4.79 Å². The van der Waals surface area contributed by atoms with E-state index in [1.54, 1.807) is 0 Å². The topological polar surface area (TPSA) is 50.4 Å². The maximum absolute atomic E-state index is 12.7. The number of hydrogen-bond donors (Lipinski definition) is 2. The van der Waals surface area contributed by atoms with Crippen molar-refractivity contribution in [3.05, 3.63) is 35.9 Å². The molecular weight excluding hydrogens is 467 g/mol. The van der Waals surface area contributed by atoms with Crippen LogP contribution < -0.4 is 10.6 Å². The lowest BCUT2D eigenvalue weighted by Crippen LogP contribution is -2.57. The molecule has 1 aromatic carbocycles. The molecule has 4 aliphatic carbocycles. The highest BCUT2D eigenvalue weighted by molar-refractivity contribution is 6.22. The first-order valence-electron chi connectivity index (χ1n) is 11.8. The van der Waals surface area contributed by atoms with E-state index in [1.165, 1.54) is 44.9 Å². The van der Waals surface area contributed by atoms with Gasteiger partial charge in [-0.3, -0.25) is 4.79 Å². The molecule has 4 nitrogen and oxygen atoms in total. The van der Waals surface area contributed by atoms with Gasteiger partial charge in [-0.25, -0.2) is 0 Å². The molecule has 2 N–H and O–H groups in total. The van der Waals surface area contributed by atoms with Gasteiger partial charge in [0.1, 0.15) is 5.50 Å². The predicted molar refractivity (Wildman–Crippen MR) is 136 cm³/mol. The SMILES string of the molecule is CNCCCOCCCC1C2CC3CC1CC(C(Cl)NC(=O)c1ccccc1)(C3)C2.Cl.Cl. The van der Waals surface area contributed by atoms with Crippen LogP contribution in [-0.4, -0.2) is 38.2 Å². The standard InChI is InChI=1S/C25H37ClN2O2.2ClH/c1-27-10-6-12-30-11-5-9-22-20-13-18-14-21(22)17-25(15-18,16-20)24(26)28-23(29)19-7-3-2-4-8-19;;/h2-4,7-8,18,20-22,24,27H,5-6,9-17H2,1H3,(H,28,29);2*1H. The van der Waals surface area contributed by atoms with Gasteiger partial charge in [0.05, 0.1) is 0 Å². The first-order valence-corrected chi connectivity index (χ1v) is 12.3. The molecule has 4 aliphatic rings. The van der Waals surface area contributed by atoms with Crippen molar-refractivity contribution < 1.29 is 9.53 Å². The molecule has 4 fully saturated rings. The second-order valence-electron chi connectivity index (χ2n) is 9.91. The van der Waals surface area contributed by atoms with E-state index < -0.39 is 0 Å². The lowest BCUT2D eigenvalue weighted by atomic mass is 9.45. The summed E-state index contributed by atoms with van der Waals surface area (Å²) in [5.41, 5.74) is 0.512. The number of alkyl halides is 1. The number of carbonyl (C=O) groups is 1. The Balaban J connectivity index is 0.00000181. The van der Waals surface area contributed by atoms with Gasteiger partial charge in [0.15, 0.2) is 0 Å². The Kier molecular flexibility index (Phi) is 11.1. The third-order valence-electron chi connectivity index (χ3n) is 7.89. The summed E-state index contributed by atoms with van der Waals surface area (Å²) < 4.78 is 5.81. The minimum absolute atomic E-state index is 0. The molecule has 32 heavy (non-hydrogen) atoms. The van der Waals surface area contributed by atoms with Crippen LogP contribution in [0.5, 0.6) is 0 Å². The lowest BCUT2D eigenvalue weighted by molar-refractivity contribution is -0.102. The molecule has 0 spiro atoms. The van der Waals surface area contributed by atoms with Gasteiger partial charge < -0.3 is 15.4 Å². The van der Waals surface area contributed by atoms with Crippen molar-refractivity contribution in [2.45, 2.75) is 56.9 Å². The summed E-state index contributed by atoms with van der Waals surface area (Å²) in [5.74, 6) is 3.12. The van der Waals surface area contributed by atoms with E-state index in [-0.39, 0.29) is 41.6 Å². The maximum Gasteiger partial charge on any atom is 0.252 e. The average molecular weight is 506 g/mol. The zero-order valence-corrected chi connectivity index (χ0v) is 21.5. The van der Waals surface area contributed by atoms with E-state index in [1.807, 2.05) is 37.4 Å². The molecule has 4 bridgehead atoms. The maximum atomic E-state index is 12.7. The number of hydrogen-bond acceptors (Lipinski definition) is 3. The molecule has 1 aromatic rings. The number of halogens is 3. The summed E-state index contributed by atoms with van der Waals surface area (Å²) in [4.78, 5) is 12.7. The Morgan fingerprint density at radius 3 is 2.41 bits per heavy atom. The predicted octanol–water partition coefficient (Wildman–Crippen LogP) is 5.67. The summed E-state index contributed by atoms with van der Waals surface area (Å²) in [6.45, 7) is 2.77. The zero-order valence-electron chi connectivity index (χ0n) is 19.1. The van der Waals surface area contributed by atoms with E-state index in [0.717, 1.165) is 49.9 Å². The molecule has 0 saturated heterocycles. The molecule has 0 aliphatic heterocycles. The van der Waals surface area contributed by atoms with Gasteiger partial charge in [0, 0.05) is 24.2 Å². The van der Waals surface area contributed by atoms with Crippen LogP contribution in [0.3, 0.4) is 0 Å². The van der Waals surface area contributed by atoms with Gasteiger partial charge in [-0.15, -0.1) is 24.8 Å². The first-order chi connectivity index (χ1) is 14.6. The van der Waals surface area contributed by atoms with Crippen LogP contribution in [0.1, 0.15) is 61.7 Å². The number of amides is 1. The van der Waals surface area contributed by atoms with E-state index in [0.29, 0.717) is 5.56 Å². The van der Waals surface area contributed by atoms with Gasteiger partial charge in [0.25, 0.3) is 5.91 Å². The van der Waals surface area contributed by atoms with Crippen LogP contribution in [0.2, 0.25) is 0 Å². The Morgan fingerprint density at radius 2 is 1.75 bits per heavy atom. The lowest BCUT2D eigenvalue weighted by Gasteiger charge is -2.61. The van der Waals surface area contributed by atoms with Gasteiger partial charge in [-0.1, -0.05) is 29.8 Å². The quantitative estimate of drug-likeness (QED) is 0.231. The van der Waals surface area contributed by atoms with Gasteiger partial charge in [-0.05, 0) is 101 Å². The highest BCUT2D eigenvalue weighted by Gasteiger charge is 2.57. The minimum atomic E-state index is -0.269. The Labute approximate surface area is 210 Å². The zero-order chi connectivity index (χ0) is 21.0. The normalized spacial score (nSPS) is 30.8. The van der Waals surface area contributed by atoms with E-state index in [2.05, 4.69) is 10.6 Å². The number of carbonyl (C=O) groups excluding carboxylic acids is 1. The Morgan fingerprint density at radius 1 is 1.09 bits per heavy atom. The van der Waals surface area contributed by atoms with Gasteiger partial charge in [-0.2, -0.15) is 0 Å². The average Bonchev–Trinajstić information content (AvgIpc) is 2.75. The molecule has 0 aromatic heterocycles. The molecule has 182 valence electrons. The molecule has 7 heteroatoms. The second-order valence-corrected chi connectivity index (χ2v) is 10.3. The van der Waals surface area contributed by atoms with Crippen LogP contribution in [0.25, 0.3) is 0 Å². The first kappa shape index (κ1) is 27.7. The van der Waals surface area contributed by atoms with Crippen molar-refractivity contribution in [1.29, 1.82) is 0 Å². The van der Waals surface area contributed by atoms with Crippen molar-refractivity contribution >= 4 is 42.3 Å². The fraction of sp³-hybridized carbons (Fsp3) is 0.720. The van der Waals surface area contributed by atoms with Crippen LogP contribution >= 0.6 is 36.4 Å².